The lowest BCUT2D eigenvalue weighted by molar-refractivity contribution is 0.0449. The van der Waals surface area contributed by atoms with Crippen molar-refractivity contribution in [2.75, 3.05) is 75.2 Å². The first-order chi connectivity index (χ1) is 17.6. The predicted molar refractivity (Wildman–Crippen MR) is 151 cm³/mol. The van der Waals surface area contributed by atoms with Crippen molar-refractivity contribution in [2.45, 2.75) is 71.3 Å². The van der Waals surface area contributed by atoms with Crippen LogP contribution < -0.4 is 0 Å². The van der Waals surface area contributed by atoms with Crippen LogP contribution >= 0.6 is 0 Å². The maximum absolute atomic E-state index is 6.49. The standard InChI is InChI=1S/C22H54O11Si4/c1-13-28-36(29-14-2,30-15-3)20-22(37(31-16-4,32-17-5)33-18-6)21(34(12,23-7)24-8)19-35(25-9,26-10)27-11/h21-22H,13-20H2,1-12H3. The summed E-state index contributed by atoms with van der Waals surface area (Å²) in [6, 6.07) is 0.777. The van der Waals surface area contributed by atoms with Crippen molar-refractivity contribution in [3.05, 3.63) is 0 Å². The summed E-state index contributed by atoms with van der Waals surface area (Å²) in [6.07, 6.45) is 0. The van der Waals surface area contributed by atoms with Crippen LogP contribution in [0, 0.1) is 0 Å². The Labute approximate surface area is 230 Å². The first-order valence-corrected chi connectivity index (χ1v) is 21.3. The van der Waals surface area contributed by atoms with E-state index >= 15 is 0 Å². The molecule has 2 unspecified atom stereocenters. The van der Waals surface area contributed by atoms with Gasteiger partial charge < -0.3 is 48.7 Å². The second-order valence-electron chi connectivity index (χ2n) is 8.23. The zero-order chi connectivity index (χ0) is 28.6. The second kappa shape index (κ2) is 18.7. The second-order valence-corrected chi connectivity index (χ2v) is 20.3. The van der Waals surface area contributed by atoms with Crippen molar-refractivity contribution in [3.8, 4) is 0 Å². The Morgan fingerprint density at radius 2 is 0.757 bits per heavy atom. The molecule has 0 aromatic heterocycles. The van der Waals surface area contributed by atoms with Gasteiger partial charge in [-0.05, 0) is 48.1 Å². The van der Waals surface area contributed by atoms with Crippen LogP contribution in [-0.2, 0) is 48.7 Å². The summed E-state index contributed by atoms with van der Waals surface area (Å²) in [4.78, 5) is 0. The number of rotatable bonds is 24. The third kappa shape index (κ3) is 10.1. The zero-order valence-electron chi connectivity index (χ0n) is 25.3. The number of hydrogen-bond acceptors (Lipinski definition) is 11. The van der Waals surface area contributed by atoms with Gasteiger partial charge in [-0.25, -0.2) is 0 Å². The molecule has 0 amide bonds. The lowest BCUT2D eigenvalue weighted by Crippen LogP contribution is -2.61. The fourth-order valence-corrected chi connectivity index (χ4v) is 19.5. The van der Waals surface area contributed by atoms with Gasteiger partial charge in [0.1, 0.15) is 0 Å². The van der Waals surface area contributed by atoms with E-state index in [4.69, 9.17) is 48.7 Å². The summed E-state index contributed by atoms with van der Waals surface area (Å²) in [5.74, 6) is 0. The van der Waals surface area contributed by atoms with E-state index < -0.39 is 35.0 Å². The maximum Gasteiger partial charge on any atom is 0.504 e. The lowest BCUT2D eigenvalue weighted by Gasteiger charge is -2.46. The van der Waals surface area contributed by atoms with Crippen molar-refractivity contribution in [1.82, 2.24) is 0 Å². The van der Waals surface area contributed by atoms with Crippen LogP contribution in [0.5, 0.6) is 0 Å². The van der Waals surface area contributed by atoms with E-state index in [1.165, 1.54) is 0 Å². The molecule has 0 N–H and O–H groups in total. The molecule has 0 aromatic carbocycles. The van der Waals surface area contributed by atoms with Crippen molar-refractivity contribution in [1.29, 1.82) is 0 Å². The fraction of sp³-hybridized carbons (Fsp3) is 1.00. The highest BCUT2D eigenvalue weighted by Crippen LogP contribution is 2.52. The molecule has 224 valence electrons. The van der Waals surface area contributed by atoms with Gasteiger partial charge in [-0.3, -0.25) is 0 Å². The van der Waals surface area contributed by atoms with Gasteiger partial charge in [-0.2, -0.15) is 0 Å². The number of hydrogen-bond donors (Lipinski definition) is 0. The Bertz CT molecular complexity index is 541. The highest BCUT2D eigenvalue weighted by Gasteiger charge is 2.65. The van der Waals surface area contributed by atoms with Gasteiger partial charge in [0.25, 0.3) is 0 Å². The van der Waals surface area contributed by atoms with E-state index in [-0.39, 0.29) is 11.1 Å². The Kier molecular flexibility index (Phi) is 18.9. The van der Waals surface area contributed by atoms with Crippen molar-refractivity contribution >= 4 is 35.0 Å². The normalized spacial score (nSPS) is 15.2. The third-order valence-corrected chi connectivity index (χ3v) is 20.7. The molecule has 0 fully saturated rings. The van der Waals surface area contributed by atoms with Gasteiger partial charge >= 0.3 is 35.0 Å². The molecular formula is C22H54O11Si4. The Morgan fingerprint density at radius 1 is 0.432 bits per heavy atom. The Hall–Kier alpha value is 0.428. The molecule has 0 aliphatic carbocycles. The Morgan fingerprint density at radius 3 is 1.03 bits per heavy atom. The molecule has 11 nitrogen and oxygen atoms in total. The molecule has 0 saturated heterocycles. The quantitative estimate of drug-likeness (QED) is 0.149. The van der Waals surface area contributed by atoms with Crippen LogP contribution in [0.15, 0.2) is 0 Å². The minimum Gasteiger partial charge on any atom is -0.398 e. The molecule has 0 aliphatic heterocycles. The van der Waals surface area contributed by atoms with Gasteiger partial charge in [0, 0.05) is 98.4 Å². The van der Waals surface area contributed by atoms with Crippen LogP contribution in [0.3, 0.4) is 0 Å². The molecular weight excluding hydrogens is 553 g/mol. The molecule has 0 spiro atoms. The van der Waals surface area contributed by atoms with Crippen LogP contribution in [-0.4, -0.2) is 110 Å². The van der Waals surface area contributed by atoms with Crippen molar-refractivity contribution < 1.29 is 48.7 Å². The molecule has 0 aromatic rings. The molecule has 0 saturated carbocycles. The van der Waals surface area contributed by atoms with E-state index in [1.54, 1.807) is 35.5 Å². The summed E-state index contributed by atoms with van der Waals surface area (Å²) in [6.45, 7) is 16.2. The van der Waals surface area contributed by atoms with E-state index in [9.17, 15) is 0 Å². The summed E-state index contributed by atoms with van der Waals surface area (Å²) in [7, 11) is -4.65. The van der Waals surface area contributed by atoms with Gasteiger partial charge in [0.15, 0.2) is 0 Å². The zero-order valence-corrected chi connectivity index (χ0v) is 29.3. The molecule has 0 radical (unpaired) electrons. The minimum atomic E-state index is -3.44. The molecule has 0 rings (SSSR count). The minimum absolute atomic E-state index is 0.307. The van der Waals surface area contributed by atoms with Crippen LogP contribution in [0.4, 0.5) is 0 Å². The van der Waals surface area contributed by atoms with E-state index in [0.717, 1.165) is 0 Å². The van der Waals surface area contributed by atoms with Crippen LogP contribution in [0.1, 0.15) is 41.5 Å². The monoisotopic (exact) mass is 606 g/mol. The summed E-state index contributed by atoms with van der Waals surface area (Å²) < 4.78 is 68.4. The molecule has 15 heteroatoms. The Balaban J connectivity index is 7.42. The summed E-state index contributed by atoms with van der Waals surface area (Å²) >= 11 is 0. The highest BCUT2D eigenvalue weighted by molar-refractivity contribution is 6.76. The lowest BCUT2D eigenvalue weighted by atomic mass is 10.3. The molecule has 2 atom stereocenters. The highest BCUT2D eigenvalue weighted by atomic mass is 28.4. The molecule has 37 heavy (non-hydrogen) atoms. The van der Waals surface area contributed by atoms with Gasteiger partial charge in [-0.1, -0.05) is 0 Å². The molecule has 0 aliphatic rings. The average Bonchev–Trinajstić information content (AvgIpc) is 2.89. The largest absolute Gasteiger partial charge is 0.504 e. The van der Waals surface area contributed by atoms with Crippen LogP contribution in [0.2, 0.25) is 29.7 Å². The van der Waals surface area contributed by atoms with Gasteiger partial charge in [0.05, 0.1) is 0 Å². The first kappa shape index (κ1) is 37.4. The van der Waals surface area contributed by atoms with Crippen molar-refractivity contribution in [2.24, 2.45) is 0 Å². The first-order valence-electron chi connectivity index (χ1n) is 13.2. The van der Waals surface area contributed by atoms with Crippen molar-refractivity contribution in [3.63, 3.8) is 0 Å². The van der Waals surface area contributed by atoms with Gasteiger partial charge in [-0.15, -0.1) is 0 Å². The third-order valence-electron chi connectivity index (χ3n) is 6.43. The fourth-order valence-electron chi connectivity index (χ4n) is 4.64. The maximum atomic E-state index is 6.49. The summed E-state index contributed by atoms with van der Waals surface area (Å²) in [5, 5.41) is 0. The molecule has 0 heterocycles. The average molecular weight is 607 g/mol. The van der Waals surface area contributed by atoms with E-state index in [2.05, 4.69) is 0 Å². The van der Waals surface area contributed by atoms with Crippen LogP contribution in [0.25, 0.3) is 0 Å². The van der Waals surface area contributed by atoms with E-state index in [1.807, 2.05) is 48.1 Å². The van der Waals surface area contributed by atoms with Gasteiger partial charge in [0.2, 0.25) is 0 Å². The smallest absolute Gasteiger partial charge is 0.398 e. The predicted octanol–water partition coefficient (Wildman–Crippen LogP) is 4.07. The van der Waals surface area contributed by atoms with E-state index in [0.29, 0.717) is 51.7 Å². The summed E-state index contributed by atoms with van der Waals surface area (Å²) in [5.41, 5.74) is -0.689. The molecule has 0 bridgehead atoms. The topological polar surface area (TPSA) is 102 Å². The SMILES string of the molecule is CCO[Si](CC(C(C[Si](OC)(OC)OC)[Si](C)(OC)OC)[Si](OCC)(OCC)OCC)(OCC)OCC.